The number of halogens is 1. The summed E-state index contributed by atoms with van der Waals surface area (Å²) in [6, 6.07) is 12.5. The summed E-state index contributed by atoms with van der Waals surface area (Å²) < 4.78 is 42.7. The molecular formula is C21H23FN4O3S. The van der Waals surface area contributed by atoms with Crippen molar-refractivity contribution in [3.63, 3.8) is 0 Å². The largest absolute Gasteiger partial charge is 0.351 e. The minimum atomic E-state index is -3.86. The van der Waals surface area contributed by atoms with Gasteiger partial charge in [0.1, 0.15) is 10.7 Å². The Morgan fingerprint density at radius 2 is 1.83 bits per heavy atom. The summed E-state index contributed by atoms with van der Waals surface area (Å²) in [4.78, 5) is 12.3. The number of carbonyl (C=O) groups is 1. The second kappa shape index (κ2) is 8.35. The zero-order valence-electron chi connectivity index (χ0n) is 17.0. The Hall–Kier alpha value is -3.07. The summed E-state index contributed by atoms with van der Waals surface area (Å²) >= 11 is 0. The van der Waals surface area contributed by atoms with Crippen LogP contribution in [0, 0.1) is 5.82 Å². The number of nitrogens with one attached hydrogen (secondary N) is 1. The first kappa shape index (κ1) is 21.6. The van der Waals surface area contributed by atoms with Gasteiger partial charge in [0.2, 0.25) is 5.91 Å². The van der Waals surface area contributed by atoms with E-state index < -0.39 is 21.4 Å². The summed E-state index contributed by atoms with van der Waals surface area (Å²) in [6.45, 7) is 5.66. The molecule has 0 saturated heterocycles. The third kappa shape index (κ3) is 5.10. The van der Waals surface area contributed by atoms with Crippen LogP contribution in [0.15, 0.2) is 62.9 Å². The zero-order valence-corrected chi connectivity index (χ0v) is 17.8. The Kier molecular flexibility index (Phi) is 6.02. The maximum absolute atomic E-state index is 14.0. The second-order valence-corrected chi connectivity index (χ2v) is 9.40. The Morgan fingerprint density at radius 1 is 1.17 bits per heavy atom. The van der Waals surface area contributed by atoms with E-state index in [1.807, 2.05) is 20.8 Å². The number of sulfonamides is 1. The number of amides is 1. The van der Waals surface area contributed by atoms with Crippen molar-refractivity contribution in [3.8, 4) is 0 Å². The molecule has 158 valence electrons. The molecule has 0 aromatic heterocycles. The number of benzene rings is 2. The first-order valence-electron chi connectivity index (χ1n) is 9.38. The summed E-state index contributed by atoms with van der Waals surface area (Å²) in [5.41, 5.74) is 0.217. The number of rotatable bonds is 5. The number of hydrazone groups is 1. The van der Waals surface area contributed by atoms with Gasteiger partial charge in [0.05, 0.1) is 12.8 Å². The molecule has 2 aromatic carbocycles. The zero-order chi connectivity index (χ0) is 21.9. The van der Waals surface area contributed by atoms with Crippen LogP contribution in [-0.2, 0) is 14.8 Å². The number of nitrogens with zero attached hydrogens (tertiary/aromatic N) is 3. The molecule has 0 saturated carbocycles. The quantitative estimate of drug-likeness (QED) is 0.583. The molecule has 7 nitrogen and oxygen atoms in total. The first-order chi connectivity index (χ1) is 14.1. The first-order valence-corrected chi connectivity index (χ1v) is 10.8. The van der Waals surface area contributed by atoms with E-state index in [1.165, 1.54) is 23.4 Å². The standard InChI is InChI=1S/C21H23FN4O3S/c1-21(2,3)24-19(27)12-13-26(23-14-15-8-4-6-10-17(15)22)20-16-9-5-7-11-18(16)30(28,29)25-20/h4-11,14H,12-13H2,1-3H3,(H,24,27). The van der Waals surface area contributed by atoms with E-state index in [9.17, 15) is 17.6 Å². The fraction of sp³-hybridized carbons (Fsp3) is 0.286. The van der Waals surface area contributed by atoms with Gasteiger partial charge in [0.15, 0.2) is 5.84 Å². The summed E-state index contributed by atoms with van der Waals surface area (Å²) in [5, 5.41) is 8.43. The molecule has 0 atom stereocenters. The molecule has 0 aliphatic carbocycles. The topological polar surface area (TPSA) is 91.2 Å². The SMILES string of the molecule is CC(C)(C)NC(=O)CCN(N=Cc1ccccc1F)C1=NS(=O)(=O)c2ccccc21. The lowest BCUT2D eigenvalue weighted by Gasteiger charge is -2.22. The molecule has 0 fully saturated rings. The van der Waals surface area contributed by atoms with E-state index in [-0.39, 0.29) is 35.2 Å². The van der Waals surface area contributed by atoms with Crippen LogP contribution in [0.5, 0.6) is 0 Å². The van der Waals surface area contributed by atoms with Gasteiger partial charge in [-0.25, -0.2) is 9.40 Å². The maximum atomic E-state index is 14.0. The van der Waals surface area contributed by atoms with Crippen molar-refractivity contribution < 1.29 is 17.6 Å². The van der Waals surface area contributed by atoms with E-state index >= 15 is 0 Å². The van der Waals surface area contributed by atoms with Crippen molar-refractivity contribution in [1.29, 1.82) is 0 Å². The predicted octanol–water partition coefficient (Wildman–Crippen LogP) is 2.92. The van der Waals surface area contributed by atoms with Crippen LogP contribution in [-0.4, -0.2) is 43.5 Å². The molecule has 3 rings (SSSR count). The number of hydrogen-bond acceptors (Lipinski definition) is 5. The smallest absolute Gasteiger partial charge is 0.285 e. The number of fused-ring (bicyclic) bond motifs is 1. The Labute approximate surface area is 175 Å². The molecule has 0 radical (unpaired) electrons. The molecule has 0 spiro atoms. The molecule has 1 heterocycles. The third-order valence-corrected chi connectivity index (χ3v) is 5.49. The molecule has 1 N–H and O–H groups in total. The van der Waals surface area contributed by atoms with E-state index in [0.717, 1.165) is 0 Å². The number of carbonyl (C=O) groups excluding carboxylic acids is 1. The van der Waals surface area contributed by atoms with Gasteiger partial charge in [-0.15, -0.1) is 4.40 Å². The molecule has 30 heavy (non-hydrogen) atoms. The molecule has 1 aliphatic heterocycles. The predicted molar refractivity (Wildman–Crippen MR) is 113 cm³/mol. The average molecular weight is 431 g/mol. The molecule has 0 bridgehead atoms. The van der Waals surface area contributed by atoms with Crippen molar-refractivity contribution in [2.24, 2.45) is 9.50 Å². The second-order valence-electron chi connectivity index (χ2n) is 7.82. The van der Waals surface area contributed by atoms with Crippen LogP contribution >= 0.6 is 0 Å². The lowest BCUT2D eigenvalue weighted by atomic mass is 10.1. The molecule has 0 unspecified atom stereocenters. The van der Waals surface area contributed by atoms with Gasteiger partial charge in [-0.1, -0.05) is 30.3 Å². The van der Waals surface area contributed by atoms with Crippen molar-refractivity contribution in [2.45, 2.75) is 37.6 Å². The van der Waals surface area contributed by atoms with Crippen molar-refractivity contribution in [2.75, 3.05) is 6.54 Å². The van der Waals surface area contributed by atoms with Crippen molar-refractivity contribution >= 4 is 28.0 Å². The molecule has 2 aromatic rings. The highest BCUT2D eigenvalue weighted by atomic mass is 32.2. The minimum Gasteiger partial charge on any atom is -0.351 e. The summed E-state index contributed by atoms with van der Waals surface area (Å²) in [6.07, 6.45) is 1.33. The van der Waals surface area contributed by atoms with E-state index in [0.29, 0.717) is 5.56 Å². The average Bonchev–Trinajstić information content (AvgIpc) is 2.93. The highest BCUT2D eigenvalue weighted by Crippen LogP contribution is 2.27. The highest BCUT2D eigenvalue weighted by Gasteiger charge is 2.32. The van der Waals surface area contributed by atoms with E-state index in [1.54, 1.807) is 36.4 Å². The van der Waals surface area contributed by atoms with Crippen LogP contribution < -0.4 is 5.32 Å². The van der Waals surface area contributed by atoms with Gasteiger partial charge in [-0.2, -0.15) is 13.5 Å². The molecule has 9 heteroatoms. The maximum Gasteiger partial charge on any atom is 0.285 e. The van der Waals surface area contributed by atoms with Crippen LogP contribution in [0.4, 0.5) is 4.39 Å². The Balaban J connectivity index is 1.92. The van der Waals surface area contributed by atoms with Crippen LogP contribution in [0.3, 0.4) is 0 Å². The lowest BCUT2D eigenvalue weighted by molar-refractivity contribution is -0.122. The third-order valence-electron chi connectivity index (χ3n) is 4.16. The molecule has 1 amide bonds. The summed E-state index contributed by atoms with van der Waals surface area (Å²) in [5.74, 6) is -0.585. The number of amidine groups is 1. The van der Waals surface area contributed by atoms with Crippen molar-refractivity contribution in [3.05, 3.63) is 65.5 Å². The van der Waals surface area contributed by atoms with Crippen LogP contribution in [0.1, 0.15) is 38.3 Å². The normalized spacial score (nSPS) is 15.0. The highest BCUT2D eigenvalue weighted by molar-refractivity contribution is 7.90. The van der Waals surface area contributed by atoms with Gasteiger partial charge in [-0.3, -0.25) is 4.79 Å². The van der Waals surface area contributed by atoms with Gasteiger partial charge in [-0.05, 0) is 39.0 Å². The monoisotopic (exact) mass is 430 g/mol. The lowest BCUT2D eigenvalue weighted by Crippen LogP contribution is -2.42. The minimum absolute atomic E-state index is 0.0487. The van der Waals surface area contributed by atoms with Gasteiger partial charge >= 0.3 is 0 Å². The Bertz CT molecular complexity index is 1120. The fourth-order valence-electron chi connectivity index (χ4n) is 2.89. The van der Waals surface area contributed by atoms with Crippen LogP contribution in [0.2, 0.25) is 0 Å². The number of hydrogen-bond donors (Lipinski definition) is 1. The molecular weight excluding hydrogens is 407 g/mol. The van der Waals surface area contributed by atoms with Gasteiger partial charge in [0.25, 0.3) is 10.0 Å². The summed E-state index contributed by atoms with van der Waals surface area (Å²) in [7, 11) is -3.86. The van der Waals surface area contributed by atoms with Gasteiger partial charge < -0.3 is 5.32 Å². The van der Waals surface area contributed by atoms with E-state index in [4.69, 9.17) is 0 Å². The fourth-order valence-corrected chi connectivity index (χ4v) is 4.10. The van der Waals surface area contributed by atoms with Crippen LogP contribution in [0.25, 0.3) is 0 Å². The van der Waals surface area contributed by atoms with E-state index in [2.05, 4.69) is 14.8 Å². The van der Waals surface area contributed by atoms with Gasteiger partial charge in [0, 0.05) is 23.1 Å². The Morgan fingerprint density at radius 3 is 2.53 bits per heavy atom. The molecule has 1 aliphatic rings. The van der Waals surface area contributed by atoms with Crippen molar-refractivity contribution in [1.82, 2.24) is 10.3 Å².